The van der Waals surface area contributed by atoms with E-state index in [1.54, 1.807) is 6.92 Å². The normalized spacial score (nSPS) is 10.1. The molecular weight excluding hydrogens is 184 g/mol. The maximum absolute atomic E-state index is 11.2. The molecule has 1 aromatic heterocycles. The molecule has 0 amide bonds. The molecule has 0 aromatic carbocycles. The van der Waals surface area contributed by atoms with E-state index in [0.717, 1.165) is 0 Å². The number of H-pyrrole nitrogens is 1. The van der Waals surface area contributed by atoms with E-state index >= 15 is 0 Å². The number of rotatable bonds is 3. The second-order valence-corrected chi connectivity index (χ2v) is 3.11. The van der Waals surface area contributed by atoms with Gasteiger partial charge in [-0.05, 0) is 12.5 Å². The minimum Gasteiger partial charge on any atom is -0.392 e. The number of nitrogens with one attached hydrogen (secondary N) is 1. The molecule has 76 valence electrons. The van der Waals surface area contributed by atoms with Crippen LogP contribution in [-0.2, 0) is 6.54 Å². The molecule has 1 heterocycles. The molecule has 0 radical (unpaired) electrons. The molecule has 0 saturated carbocycles. The van der Waals surface area contributed by atoms with Gasteiger partial charge in [0.05, 0.1) is 6.61 Å². The Balaban J connectivity index is 3.11. The molecule has 14 heavy (non-hydrogen) atoms. The van der Waals surface area contributed by atoms with E-state index in [1.807, 2.05) is 0 Å². The summed E-state index contributed by atoms with van der Waals surface area (Å²) in [4.78, 5) is 24.4. The van der Waals surface area contributed by atoms with Crippen LogP contribution in [-0.4, -0.2) is 21.3 Å². The van der Waals surface area contributed by atoms with Crippen LogP contribution >= 0.6 is 0 Å². The highest BCUT2D eigenvalue weighted by molar-refractivity contribution is 5.03. The molecule has 1 aromatic rings. The Morgan fingerprint density at radius 3 is 2.86 bits per heavy atom. The van der Waals surface area contributed by atoms with Gasteiger partial charge >= 0.3 is 5.69 Å². The molecule has 2 N–H and O–H groups in total. The smallest absolute Gasteiger partial charge is 0.328 e. The van der Waals surface area contributed by atoms with Crippen LogP contribution in [0.5, 0.6) is 0 Å². The van der Waals surface area contributed by atoms with Crippen molar-refractivity contribution in [3.8, 4) is 0 Å². The Labute approximate surface area is 80.3 Å². The van der Waals surface area contributed by atoms with Gasteiger partial charge in [-0.1, -0.05) is 6.58 Å². The minimum absolute atomic E-state index is 0.176. The Morgan fingerprint density at radius 2 is 2.29 bits per heavy atom. The Kier molecular flexibility index (Phi) is 3.03. The molecule has 0 fully saturated rings. The summed E-state index contributed by atoms with van der Waals surface area (Å²) in [6.45, 7) is 5.21. The van der Waals surface area contributed by atoms with Crippen LogP contribution in [0.3, 0.4) is 0 Å². The zero-order valence-corrected chi connectivity index (χ0v) is 7.91. The second-order valence-electron chi connectivity index (χ2n) is 3.11. The molecular formula is C9H12N2O3. The maximum Gasteiger partial charge on any atom is 0.328 e. The van der Waals surface area contributed by atoms with Crippen molar-refractivity contribution in [2.75, 3.05) is 6.61 Å². The van der Waals surface area contributed by atoms with Gasteiger partial charge in [-0.15, -0.1) is 0 Å². The highest BCUT2D eigenvalue weighted by Crippen LogP contribution is 1.92. The largest absolute Gasteiger partial charge is 0.392 e. The van der Waals surface area contributed by atoms with Gasteiger partial charge in [-0.25, -0.2) is 4.79 Å². The van der Waals surface area contributed by atoms with Crippen molar-refractivity contribution >= 4 is 0 Å². The summed E-state index contributed by atoms with van der Waals surface area (Å²) in [7, 11) is 0. The Hall–Kier alpha value is -1.62. The van der Waals surface area contributed by atoms with E-state index in [2.05, 4.69) is 11.6 Å². The number of aryl methyl sites for hydroxylation is 1. The van der Waals surface area contributed by atoms with Gasteiger partial charge in [-0.2, -0.15) is 0 Å². The first-order valence-corrected chi connectivity index (χ1v) is 4.12. The maximum atomic E-state index is 11.2. The molecule has 0 saturated heterocycles. The van der Waals surface area contributed by atoms with Gasteiger partial charge in [0.2, 0.25) is 0 Å². The Bertz CT molecular complexity index is 456. The fourth-order valence-electron chi connectivity index (χ4n) is 1.03. The third-order valence-corrected chi connectivity index (χ3v) is 1.81. The lowest BCUT2D eigenvalue weighted by molar-refractivity contribution is 0.324. The van der Waals surface area contributed by atoms with Crippen molar-refractivity contribution in [3.05, 3.63) is 44.8 Å². The van der Waals surface area contributed by atoms with E-state index in [9.17, 15) is 9.59 Å². The molecule has 0 aliphatic rings. The molecule has 0 atom stereocenters. The molecule has 0 spiro atoms. The monoisotopic (exact) mass is 196 g/mol. The van der Waals surface area contributed by atoms with Crippen molar-refractivity contribution in [2.45, 2.75) is 13.5 Å². The first-order valence-electron chi connectivity index (χ1n) is 4.12. The number of aromatic nitrogens is 2. The zero-order valence-electron chi connectivity index (χ0n) is 7.91. The van der Waals surface area contributed by atoms with Gasteiger partial charge in [0.25, 0.3) is 5.56 Å². The zero-order chi connectivity index (χ0) is 10.7. The van der Waals surface area contributed by atoms with Crippen LogP contribution in [0, 0.1) is 6.92 Å². The minimum atomic E-state index is -0.491. The van der Waals surface area contributed by atoms with Crippen LogP contribution in [0.1, 0.15) is 5.56 Å². The van der Waals surface area contributed by atoms with E-state index in [1.165, 1.54) is 10.8 Å². The lowest BCUT2D eigenvalue weighted by atomic mass is 10.3. The first kappa shape index (κ1) is 10.5. The summed E-state index contributed by atoms with van der Waals surface area (Å²) in [5.41, 5.74) is 0.0879. The van der Waals surface area contributed by atoms with Crippen LogP contribution in [0.2, 0.25) is 0 Å². The van der Waals surface area contributed by atoms with Crippen LogP contribution in [0.4, 0.5) is 0 Å². The van der Waals surface area contributed by atoms with Crippen LogP contribution in [0.15, 0.2) is 27.9 Å². The lowest BCUT2D eigenvalue weighted by Gasteiger charge is -2.05. The highest BCUT2D eigenvalue weighted by atomic mass is 16.3. The van der Waals surface area contributed by atoms with E-state index < -0.39 is 5.69 Å². The number of aromatic amines is 1. The van der Waals surface area contributed by atoms with Gasteiger partial charge in [0.15, 0.2) is 0 Å². The van der Waals surface area contributed by atoms with Crippen molar-refractivity contribution in [2.24, 2.45) is 0 Å². The SMILES string of the molecule is C=C(CO)Cn1cc(C)c(=O)[nH]c1=O. The van der Waals surface area contributed by atoms with Crippen molar-refractivity contribution in [3.63, 3.8) is 0 Å². The average molecular weight is 196 g/mol. The number of aliphatic hydroxyl groups is 1. The topological polar surface area (TPSA) is 75.1 Å². The number of hydrogen-bond donors (Lipinski definition) is 2. The standard InChI is InChI=1S/C9H12N2O3/c1-6(5-12)3-11-4-7(2)8(13)10-9(11)14/h4,12H,1,3,5H2,2H3,(H,10,13,14). The van der Waals surface area contributed by atoms with Crippen molar-refractivity contribution in [1.29, 1.82) is 0 Å². The Morgan fingerprint density at radius 1 is 1.64 bits per heavy atom. The fraction of sp³-hybridized carbons (Fsp3) is 0.333. The highest BCUT2D eigenvalue weighted by Gasteiger charge is 2.01. The van der Waals surface area contributed by atoms with Gasteiger partial charge in [-0.3, -0.25) is 14.3 Å². The predicted octanol–water partition coefficient (Wildman–Crippen LogP) is -0.606. The summed E-state index contributed by atoms with van der Waals surface area (Å²) in [6.07, 6.45) is 1.45. The fourth-order valence-corrected chi connectivity index (χ4v) is 1.03. The lowest BCUT2D eigenvalue weighted by Crippen LogP contribution is -2.31. The summed E-state index contributed by atoms with van der Waals surface area (Å²) in [5.74, 6) is 0. The molecule has 5 heteroatoms. The van der Waals surface area contributed by atoms with Gasteiger partial charge < -0.3 is 5.11 Å². The number of hydrogen-bond acceptors (Lipinski definition) is 3. The van der Waals surface area contributed by atoms with Crippen LogP contribution < -0.4 is 11.2 Å². The van der Waals surface area contributed by atoms with Gasteiger partial charge in [0.1, 0.15) is 0 Å². The van der Waals surface area contributed by atoms with Crippen LogP contribution in [0.25, 0.3) is 0 Å². The summed E-state index contributed by atoms with van der Waals surface area (Å²) < 4.78 is 1.30. The predicted molar refractivity (Wildman–Crippen MR) is 52.3 cm³/mol. The number of nitrogens with zero attached hydrogens (tertiary/aromatic N) is 1. The quantitative estimate of drug-likeness (QED) is 0.633. The van der Waals surface area contributed by atoms with E-state index in [-0.39, 0.29) is 18.7 Å². The average Bonchev–Trinajstić information content (AvgIpc) is 2.14. The molecule has 0 aliphatic heterocycles. The third kappa shape index (κ3) is 2.20. The second kappa shape index (κ2) is 4.06. The molecule has 1 rings (SSSR count). The van der Waals surface area contributed by atoms with Crippen molar-refractivity contribution in [1.82, 2.24) is 9.55 Å². The summed E-state index contributed by atoms with van der Waals surface area (Å²) in [5, 5.41) is 8.72. The first-order chi connectivity index (χ1) is 6.54. The van der Waals surface area contributed by atoms with E-state index in [4.69, 9.17) is 5.11 Å². The summed E-state index contributed by atoms with van der Waals surface area (Å²) >= 11 is 0. The molecule has 0 aliphatic carbocycles. The summed E-state index contributed by atoms with van der Waals surface area (Å²) in [6, 6.07) is 0. The van der Waals surface area contributed by atoms with Crippen molar-refractivity contribution < 1.29 is 5.11 Å². The van der Waals surface area contributed by atoms with Gasteiger partial charge in [0, 0.05) is 18.3 Å². The van der Waals surface area contributed by atoms with E-state index in [0.29, 0.717) is 11.1 Å². The molecule has 0 unspecified atom stereocenters. The molecule has 0 bridgehead atoms. The molecule has 5 nitrogen and oxygen atoms in total. The number of aliphatic hydroxyl groups excluding tert-OH is 1. The third-order valence-electron chi connectivity index (χ3n) is 1.81.